The molecule has 1 aromatic rings. The van der Waals surface area contributed by atoms with Crippen LogP contribution in [0, 0.1) is 10.1 Å². The Hall–Kier alpha value is -1.93. The van der Waals surface area contributed by atoms with E-state index < -0.39 is 5.03 Å². The van der Waals surface area contributed by atoms with Crippen LogP contribution in [0.1, 0.15) is 5.56 Å². The first-order valence-corrected chi connectivity index (χ1v) is 5.94. The molecule has 8 nitrogen and oxygen atoms in total. The summed E-state index contributed by atoms with van der Waals surface area (Å²) >= 11 is 5.72. The van der Waals surface area contributed by atoms with E-state index in [1.54, 1.807) is 29.1 Å². The van der Waals surface area contributed by atoms with E-state index in [2.05, 4.69) is 15.4 Å². The summed E-state index contributed by atoms with van der Waals surface area (Å²) in [5, 5.41) is 16.8. The third-order valence-electron chi connectivity index (χ3n) is 2.61. The molecular formula is C10H13ClN6O2. The van der Waals surface area contributed by atoms with Crippen LogP contribution in [0.3, 0.4) is 0 Å². The van der Waals surface area contributed by atoms with Gasteiger partial charge in [0, 0.05) is 19.8 Å². The second-order valence-corrected chi connectivity index (χ2v) is 4.48. The van der Waals surface area contributed by atoms with Crippen molar-refractivity contribution in [3.63, 3.8) is 0 Å². The predicted octanol–water partition coefficient (Wildman–Crippen LogP) is 0.535. The van der Waals surface area contributed by atoms with Crippen LogP contribution in [0.5, 0.6) is 0 Å². The molecule has 0 saturated carbocycles. The molecule has 1 fully saturated rings. The fraction of sp³-hybridized carbons (Fsp3) is 0.400. The third kappa shape index (κ3) is 3.52. The Labute approximate surface area is 114 Å². The molecule has 1 aliphatic heterocycles. The van der Waals surface area contributed by atoms with E-state index >= 15 is 0 Å². The van der Waals surface area contributed by atoms with E-state index in [-0.39, 0.29) is 0 Å². The lowest BCUT2D eigenvalue weighted by Crippen LogP contribution is -2.55. The summed E-state index contributed by atoms with van der Waals surface area (Å²) in [4.78, 5) is 18.0. The van der Waals surface area contributed by atoms with Crippen molar-refractivity contribution >= 4 is 17.6 Å². The molecule has 0 amide bonds. The molecule has 1 aliphatic rings. The Morgan fingerprint density at radius 3 is 3.00 bits per heavy atom. The maximum atomic E-state index is 10.6. The van der Waals surface area contributed by atoms with Gasteiger partial charge in [-0.25, -0.2) is 15.1 Å². The Bertz CT molecular complexity index is 491. The molecule has 2 rings (SSSR count). The van der Waals surface area contributed by atoms with Crippen LogP contribution in [0.2, 0.25) is 5.15 Å². The molecule has 19 heavy (non-hydrogen) atoms. The van der Waals surface area contributed by atoms with Gasteiger partial charge in [-0.15, -0.1) is 0 Å². The highest BCUT2D eigenvalue weighted by atomic mass is 35.5. The smallest absolute Gasteiger partial charge is 0.276 e. The molecule has 0 radical (unpaired) electrons. The van der Waals surface area contributed by atoms with Crippen LogP contribution >= 0.6 is 11.6 Å². The zero-order valence-corrected chi connectivity index (χ0v) is 11.0. The van der Waals surface area contributed by atoms with Crippen molar-refractivity contribution in [1.82, 2.24) is 20.1 Å². The molecule has 1 aromatic heterocycles. The first-order chi connectivity index (χ1) is 9.06. The Balaban J connectivity index is 2.16. The van der Waals surface area contributed by atoms with Crippen LogP contribution in [0.15, 0.2) is 23.4 Å². The van der Waals surface area contributed by atoms with Crippen LogP contribution in [0.25, 0.3) is 0 Å². The molecular weight excluding hydrogens is 272 g/mol. The van der Waals surface area contributed by atoms with E-state index in [4.69, 9.17) is 11.6 Å². The number of aromatic nitrogens is 1. The normalized spacial score (nSPS) is 17.9. The van der Waals surface area contributed by atoms with Gasteiger partial charge < -0.3 is 9.80 Å². The van der Waals surface area contributed by atoms with Gasteiger partial charge in [0.15, 0.2) is 5.03 Å². The quantitative estimate of drug-likeness (QED) is 0.495. The highest BCUT2D eigenvalue weighted by Crippen LogP contribution is 2.10. The summed E-state index contributed by atoms with van der Waals surface area (Å²) in [7, 11) is 1.74. The van der Waals surface area contributed by atoms with Gasteiger partial charge in [-0.3, -0.25) is 5.32 Å². The number of nitro groups is 1. The molecule has 102 valence electrons. The van der Waals surface area contributed by atoms with Gasteiger partial charge in [0.1, 0.15) is 10.3 Å². The van der Waals surface area contributed by atoms with Crippen molar-refractivity contribution in [3.8, 4) is 0 Å². The number of nitrogens with zero attached hydrogens (tertiary/aromatic N) is 5. The number of rotatable bonds is 3. The molecule has 1 N–H and O–H groups in total. The average Bonchev–Trinajstić information content (AvgIpc) is 2.36. The lowest BCUT2D eigenvalue weighted by Gasteiger charge is -2.35. The second kappa shape index (κ2) is 5.81. The predicted molar refractivity (Wildman–Crippen MR) is 69.9 cm³/mol. The minimum absolute atomic E-state index is 0.318. The fourth-order valence-electron chi connectivity index (χ4n) is 1.80. The second-order valence-electron chi connectivity index (χ2n) is 4.09. The number of hydrogen-bond donors (Lipinski definition) is 1. The Morgan fingerprint density at radius 2 is 2.37 bits per heavy atom. The molecule has 0 bridgehead atoms. The van der Waals surface area contributed by atoms with Crippen molar-refractivity contribution in [1.29, 1.82) is 0 Å². The molecule has 9 heteroatoms. The standard InChI is InChI=1S/C10H13ClN6O2/c1-15-6-12-7-16(10(15)14-17(18)19)5-8-2-3-9(11)13-4-8/h2-4,12H,5-7H2,1H3. The largest absolute Gasteiger partial charge is 0.328 e. The number of hydrogen-bond acceptors (Lipinski definition) is 4. The van der Waals surface area contributed by atoms with E-state index in [1.165, 1.54) is 0 Å². The Morgan fingerprint density at radius 1 is 1.58 bits per heavy atom. The zero-order valence-electron chi connectivity index (χ0n) is 10.3. The maximum absolute atomic E-state index is 10.6. The van der Waals surface area contributed by atoms with Crippen LogP contribution in [0.4, 0.5) is 0 Å². The van der Waals surface area contributed by atoms with E-state index in [9.17, 15) is 10.1 Å². The van der Waals surface area contributed by atoms with Crippen LogP contribution in [-0.2, 0) is 6.54 Å². The van der Waals surface area contributed by atoms with Gasteiger partial charge in [-0.1, -0.05) is 17.7 Å². The van der Waals surface area contributed by atoms with Gasteiger partial charge >= 0.3 is 0 Å². The van der Waals surface area contributed by atoms with Gasteiger partial charge in [0.25, 0.3) is 5.96 Å². The zero-order chi connectivity index (χ0) is 13.8. The summed E-state index contributed by atoms with van der Waals surface area (Å²) in [6, 6.07) is 3.51. The molecule has 2 heterocycles. The van der Waals surface area contributed by atoms with Crippen molar-refractivity contribution in [2.24, 2.45) is 5.10 Å². The van der Waals surface area contributed by atoms with Gasteiger partial charge in [-0.2, -0.15) is 0 Å². The van der Waals surface area contributed by atoms with Crippen LogP contribution < -0.4 is 5.32 Å². The minimum Gasteiger partial charge on any atom is -0.328 e. The fourth-order valence-corrected chi connectivity index (χ4v) is 1.91. The van der Waals surface area contributed by atoms with E-state index in [0.717, 1.165) is 5.56 Å². The first kappa shape index (κ1) is 13.5. The lowest BCUT2D eigenvalue weighted by molar-refractivity contribution is -0.486. The molecule has 0 atom stereocenters. The summed E-state index contributed by atoms with van der Waals surface area (Å²) in [5.41, 5.74) is 0.901. The number of guanidine groups is 1. The SMILES string of the molecule is CN1CNCN(Cc2ccc(Cl)nc2)C1=N[N+](=O)[O-]. The van der Waals surface area contributed by atoms with Crippen molar-refractivity contribution in [3.05, 3.63) is 39.2 Å². The van der Waals surface area contributed by atoms with Gasteiger partial charge in [0.2, 0.25) is 0 Å². The molecule has 0 spiro atoms. The highest BCUT2D eigenvalue weighted by molar-refractivity contribution is 6.29. The molecule has 1 saturated heterocycles. The van der Waals surface area contributed by atoms with Crippen LogP contribution in [-0.4, -0.2) is 46.2 Å². The van der Waals surface area contributed by atoms with E-state index in [0.29, 0.717) is 31.0 Å². The van der Waals surface area contributed by atoms with Crippen molar-refractivity contribution in [2.45, 2.75) is 6.54 Å². The van der Waals surface area contributed by atoms with Crippen molar-refractivity contribution in [2.75, 3.05) is 20.4 Å². The summed E-state index contributed by atoms with van der Waals surface area (Å²) in [6.45, 7) is 1.47. The molecule has 0 aliphatic carbocycles. The molecule has 0 aromatic carbocycles. The number of nitrogens with one attached hydrogen (secondary N) is 1. The number of pyridine rings is 1. The lowest BCUT2D eigenvalue weighted by atomic mass is 10.2. The average molecular weight is 285 g/mol. The van der Waals surface area contributed by atoms with E-state index in [1.807, 2.05) is 6.07 Å². The highest BCUT2D eigenvalue weighted by Gasteiger charge is 2.24. The Kier molecular flexibility index (Phi) is 4.13. The maximum Gasteiger partial charge on any atom is 0.276 e. The number of halogens is 1. The topological polar surface area (TPSA) is 86.9 Å². The monoisotopic (exact) mass is 284 g/mol. The summed E-state index contributed by atoms with van der Waals surface area (Å²) in [5.74, 6) is 0.318. The molecule has 0 unspecified atom stereocenters. The van der Waals surface area contributed by atoms with Gasteiger partial charge in [-0.05, 0) is 11.6 Å². The first-order valence-electron chi connectivity index (χ1n) is 5.56. The van der Waals surface area contributed by atoms with Crippen molar-refractivity contribution < 1.29 is 5.03 Å². The minimum atomic E-state index is -0.690. The van der Waals surface area contributed by atoms with Gasteiger partial charge in [0.05, 0.1) is 13.3 Å². The summed E-state index contributed by atoms with van der Waals surface area (Å²) in [6.07, 6.45) is 1.64. The summed E-state index contributed by atoms with van der Waals surface area (Å²) < 4.78 is 0. The number of hydrazone groups is 1. The third-order valence-corrected chi connectivity index (χ3v) is 2.83.